The molecule has 0 radical (unpaired) electrons. The van der Waals surface area contributed by atoms with Crippen LogP contribution >= 0.6 is 23.8 Å². The minimum Gasteiger partial charge on any atom is -0.329 e. The molecule has 19 heavy (non-hydrogen) atoms. The number of nitrogens with one attached hydrogen (secondary N) is 1. The van der Waals surface area contributed by atoms with Crippen LogP contribution < -0.4 is 0 Å². The Morgan fingerprint density at radius 1 is 1.47 bits per heavy atom. The van der Waals surface area contributed by atoms with E-state index in [-0.39, 0.29) is 11.0 Å². The lowest BCUT2D eigenvalue weighted by Gasteiger charge is -2.11. The molecule has 1 atom stereocenters. The van der Waals surface area contributed by atoms with Gasteiger partial charge in [0, 0.05) is 6.54 Å². The van der Waals surface area contributed by atoms with Crippen molar-refractivity contribution in [2.45, 2.75) is 24.6 Å². The number of aromatic amines is 1. The summed E-state index contributed by atoms with van der Waals surface area (Å²) in [5.41, 5.74) is 1.63. The lowest BCUT2D eigenvalue weighted by molar-refractivity contribution is 0.568. The molecular weight excluding hydrogens is 304 g/mol. The number of H-pyrrole nitrogens is 1. The van der Waals surface area contributed by atoms with Crippen molar-refractivity contribution < 1.29 is 8.42 Å². The highest BCUT2D eigenvalue weighted by Gasteiger charge is 2.31. The van der Waals surface area contributed by atoms with Crippen LogP contribution in [0.3, 0.4) is 0 Å². The van der Waals surface area contributed by atoms with Gasteiger partial charge in [0.15, 0.2) is 14.6 Å². The largest absolute Gasteiger partial charge is 0.329 e. The quantitative estimate of drug-likeness (QED) is 0.867. The van der Waals surface area contributed by atoms with Crippen molar-refractivity contribution in [1.29, 1.82) is 0 Å². The number of hydrogen-bond acceptors (Lipinski definition) is 3. The van der Waals surface area contributed by atoms with Gasteiger partial charge < -0.3 is 9.55 Å². The second-order valence-electron chi connectivity index (χ2n) is 4.81. The molecule has 0 saturated carbocycles. The maximum Gasteiger partial charge on any atom is 0.178 e. The molecule has 1 aliphatic rings. The van der Waals surface area contributed by atoms with Crippen molar-refractivity contribution in [1.82, 2.24) is 9.55 Å². The van der Waals surface area contributed by atoms with Gasteiger partial charge in [0.1, 0.15) is 0 Å². The van der Waals surface area contributed by atoms with Gasteiger partial charge in [0.25, 0.3) is 0 Å². The number of hydrogen-bond donors (Lipinski definition) is 1. The van der Waals surface area contributed by atoms with E-state index in [1.807, 2.05) is 16.7 Å². The van der Waals surface area contributed by atoms with Crippen LogP contribution in [-0.2, 0) is 16.4 Å². The number of aromatic nitrogens is 2. The van der Waals surface area contributed by atoms with Crippen molar-refractivity contribution >= 4 is 44.7 Å². The highest BCUT2D eigenvalue weighted by atomic mass is 35.5. The fraction of sp³-hybridized carbons (Fsp3) is 0.417. The monoisotopic (exact) mass is 316 g/mol. The zero-order valence-corrected chi connectivity index (χ0v) is 12.5. The van der Waals surface area contributed by atoms with Gasteiger partial charge in [-0.3, -0.25) is 0 Å². The smallest absolute Gasteiger partial charge is 0.178 e. The Kier molecular flexibility index (Phi) is 3.19. The number of rotatable bonds is 2. The molecule has 1 fully saturated rings. The Balaban J connectivity index is 2.09. The van der Waals surface area contributed by atoms with E-state index in [9.17, 15) is 8.42 Å². The van der Waals surface area contributed by atoms with Crippen LogP contribution in [0.15, 0.2) is 18.2 Å². The van der Waals surface area contributed by atoms with E-state index in [4.69, 9.17) is 23.8 Å². The zero-order valence-electron chi connectivity index (χ0n) is 10.1. The Morgan fingerprint density at radius 2 is 2.26 bits per heavy atom. The normalized spacial score (nSPS) is 22.1. The van der Waals surface area contributed by atoms with Crippen LogP contribution in [0, 0.1) is 4.77 Å². The first-order valence-corrected chi connectivity index (χ1v) is 8.58. The molecule has 0 aliphatic carbocycles. The average Bonchev–Trinajstić information content (AvgIpc) is 2.83. The Labute approximate surface area is 121 Å². The van der Waals surface area contributed by atoms with Crippen molar-refractivity contribution in [3.63, 3.8) is 0 Å². The van der Waals surface area contributed by atoms with Crippen LogP contribution in [0.2, 0.25) is 5.02 Å². The number of nitrogens with zero attached hydrogens (tertiary/aromatic N) is 1. The van der Waals surface area contributed by atoms with Gasteiger partial charge in [0.2, 0.25) is 0 Å². The fourth-order valence-corrected chi connectivity index (χ4v) is 4.89. The predicted molar refractivity (Wildman–Crippen MR) is 78.9 cm³/mol. The first kappa shape index (κ1) is 13.1. The molecular formula is C12H13ClN2O2S2. The number of benzene rings is 1. The first-order valence-electron chi connectivity index (χ1n) is 6.07. The second-order valence-corrected chi connectivity index (χ2v) is 8.00. The highest BCUT2D eigenvalue weighted by molar-refractivity contribution is 7.92. The van der Waals surface area contributed by atoms with Gasteiger partial charge in [-0.05, 0) is 37.2 Å². The molecule has 1 saturated heterocycles. The number of para-hydroxylation sites is 1. The Hall–Kier alpha value is -0.850. The standard InChI is InChI=1S/C12H13ClN2O2S2/c13-9-4-1-5-10-11(9)14-12(18)15(10)7-8-3-2-6-19(8,16)17/h1,4-5,8H,2-3,6-7H2,(H,14,18). The molecule has 1 aromatic heterocycles. The van der Waals surface area contributed by atoms with E-state index >= 15 is 0 Å². The number of imidazole rings is 1. The molecule has 2 aromatic rings. The summed E-state index contributed by atoms with van der Waals surface area (Å²) >= 11 is 11.4. The van der Waals surface area contributed by atoms with Gasteiger partial charge in [-0.25, -0.2) is 8.42 Å². The fourth-order valence-electron chi connectivity index (χ4n) is 2.59. The molecule has 0 spiro atoms. The van der Waals surface area contributed by atoms with E-state index < -0.39 is 9.84 Å². The summed E-state index contributed by atoms with van der Waals surface area (Å²) in [7, 11) is -2.97. The summed E-state index contributed by atoms with van der Waals surface area (Å²) in [5.74, 6) is 0.286. The van der Waals surface area contributed by atoms with E-state index in [1.165, 1.54) is 0 Å². The molecule has 1 aliphatic heterocycles. The number of halogens is 1. The lowest BCUT2D eigenvalue weighted by atomic mass is 10.2. The van der Waals surface area contributed by atoms with E-state index in [0.29, 0.717) is 22.8 Å². The van der Waals surface area contributed by atoms with E-state index in [0.717, 1.165) is 17.5 Å². The number of sulfone groups is 1. The third-order valence-corrected chi connectivity index (χ3v) is 6.50. The Morgan fingerprint density at radius 3 is 2.95 bits per heavy atom. The van der Waals surface area contributed by atoms with Crippen LogP contribution in [0.1, 0.15) is 12.8 Å². The van der Waals surface area contributed by atoms with Gasteiger partial charge in [-0.2, -0.15) is 0 Å². The number of fused-ring (bicyclic) bond motifs is 1. The lowest BCUT2D eigenvalue weighted by Crippen LogP contribution is -2.22. The molecule has 0 amide bonds. The highest BCUT2D eigenvalue weighted by Crippen LogP contribution is 2.26. The molecule has 7 heteroatoms. The van der Waals surface area contributed by atoms with Crippen LogP contribution in [0.4, 0.5) is 0 Å². The summed E-state index contributed by atoms with van der Waals surface area (Å²) in [4.78, 5) is 3.05. The third-order valence-electron chi connectivity index (χ3n) is 3.61. The molecule has 1 N–H and O–H groups in total. The van der Waals surface area contributed by atoms with E-state index in [1.54, 1.807) is 6.07 Å². The maximum atomic E-state index is 11.9. The van der Waals surface area contributed by atoms with Crippen molar-refractivity contribution in [3.8, 4) is 0 Å². The molecule has 0 bridgehead atoms. The van der Waals surface area contributed by atoms with E-state index in [2.05, 4.69) is 4.98 Å². The molecule has 102 valence electrons. The third kappa shape index (κ3) is 2.22. The van der Waals surface area contributed by atoms with Crippen molar-refractivity contribution in [3.05, 3.63) is 28.0 Å². The van der Waals surface area contributed by atoms with Gasteiger partial charge in [-0.1, -0.05) is 17.7 Å². The molecule has 3 rings (SSSR count). The minimum absolute atomic E-state index is 0.286. The average molecular weight is 317 g/mol. The summed E-state index contributed by atoms with van der Waals surface area (Å²) in [6, 6.07) is 5.52. The first-order chi connectivity index (χ1) is 8.99. The van der Waals surface area contributed by atoms with Crippen LogP contribution in [-0.4, -0.2) is 29.0 Å². The SMILES string of the molecule is O=S1(=O)CCCC1Cn1c(=S)[nH]c2c(Cl)cccc21. The molecule has 4 nitrogen and oxygen atoms in total. The topological polar surface area (TPSA) is 54.9 Å². The Bertz CT molecular complexity index is 792. The minimum atomic E-state index is -2.97. The van der Waals surface area contributed by atoms with Crippen molar-refractivity contribution in [2.24, 2.45) is 0 Å². The zero-order chi connectivity index (χ0) is 13.6. The summed E-state index contributed by atoms with van der Waals surface area (Å²) in [6.07, 6.45) is 1.45. The molecule has 1 unspecified atom stereocenters. The summed E-state index contributed by atoms with van der Waals surface area (Å²) in [6.45, 7) is 0.404. The van der Waals surface area contributed by atoms with Gasteiger partial charge >= 0.3 is 0 Å². The van der Waals surface area contributed by atoms with Crippen LogP contribution in [0.25, 0.3) is 11.0 Å². The molecule has 1 aromatic carbocycles. The van der Waals surface area contributed by atoms with Crippen molar-refractivity contribution in [2.75, 3.05) is 5.75 Å². The van der Waals surface area contributed by atoms with Crippen LogP contribution in [0.5, 0.6) is 0 Å². The summed E-state index contributed by atoms with van der Waals surface area (Å²) < 4.78 is 26.2. The predicted octanol–water partition coefficient (Wildman–Crippen LogP) is 2.93. The maximum absolute atomic E-state index is 11.9. The second kappa shape index (κ2) is 4.61. The molecule has 2 heterocycles. The van der Waals surface area contributed by atoms with Gasteiger partial charge in [-0.15, -0.1) is 0 Å². The summed E-state index contributed by atoms with van der Waals surface area (Å²) in [5, 5.41) is 0.258. The van der Waals surface area contributed by atoms with Gasteiger partial charge in [0.05, 0.1) is 27.1 Å².